The van der Waals surface area contributed by atoms with Gasteiger partial charge in [0.05, 0.1) is 11.7 Å². The maximum Gasteiger partial charge on any atom is 0.0799 e. The molecule has 1 unspecified atom stereocenters. The summed E-state index contributed by atoms with van der Waals surface area (Å²) in [5.41, 5.74) is 1.07. The van der Waals surface area contributed by atoms with Crippen LogP contribution in [0.25, 0.3) is 0 Å². The van der Waals surface area contributed by atoms with Gasteiger partial charge in [-0.3, -0.25) is 9.80 Å². The molecular formula is C13H22N4. The molecule has 0 amide bonds. The van der Waals surface area contributed by atoms with Gasteiger partial charge in [0.1, 0.15) is 0 Å². The highest BCUT2D eigenvalue weighted by molar-refractivity contribution is 5.05. The van der Waals surface area contributed by atoms with E-state index in [1.165, 1.54) is 0 Å². The van der Waals surface area contributed by atoms with Gasteiger partial charge in [0.15, 0.2) is 0 Å². The van der Waals surface area contributed by atoms with Gasteiger partial charge in [0.25, 0.3) is 0 Å². The van der Waals surface area contributed by atoms with Crippen molar-refractivity contribution in [3.8, 4) is 0 Å². The molecule has 0 spiro atoms. The second-order valence-electron chi connectivity index (χ2n) is 4.99. The van der Waals surface area contributed by atoms with Gasteiger partial charge >= 0.3 is 0 Å². The molecule has 17 heavy (non-hydrogen) atoms. The first kappa shape index (κ1) is 12.5. The highest BCUT2D eigenvalue weighted by Crippen LogP contribution is 2.19. The van der Waals surface area contributed by atoms with Crippen molar-refractivity contribution >= 4 is 0 Å². The number of aromatic nitrogens is 2. The molecule has 0 aliphatic carbocycles. The normalized spacial score (nSPS) is 20.7. The van der Waals surface area contributed by atoms with Crippen molar-refractivity contribution in [1.82, 2.24) is 20.0 Å². The molecule has 2 heterocycles. The Morgan fingerprint density at radius 3 is 2.24 bits per heavy atom. The van der Waals surface area contributed by atoms with Crippen LogP contribution >= 0.6 is 0 Å². The molecule has 94 valence electrons. The average Bonchev–Trinajstić information content (AvgIpc) is 2.39. The van der Waals surface area contributed by atoms with Crippen LogP contribution in [0.5, 0.6) is 0 Å². The van der Waals surface area contributed by atoms with Crippen LogP contribution in [0, 0.1) is 0 Å². The molecule has 0 bridgehead atoms. The van der Waals surface area contributed by atoms with Gasteiger partial charge < -0.3 is 0 Å². The summed E-state index contributed by atoms with van der Waals surface area (Å²) in [6.45, 7) is 11.3. The summed E-state index contributed by atoms with van der Waals surface area (Å²) in [7, 11) is 0. The van der Waals surface area contributed by atoms with Crippen LogP contribution in [0.2, 0.25) is 0 Å². The van der Waals surface area contributed by atoms with Crippen LogP contribution in [-0.2, 0) is 0 Å². The van der Waals surface area contributed by atoms with Crippen LogP contribution in [-0.4, -0.2) is 52.2 Å². The second kappa shape index (κ2) is 5.56. The van der Waals surface area contributed by atoms with Crippen LogP contribution < -0.4 is 0 Å². The monoisotopic (exact) mass is 234 g/mol. The molecule has 1 saturated heterocycles. The SMILES string of the molecule is CC(C)N1CCN(C(C)c2cccnn2)CC1. The van der Waals surface area contributed by atoms with Crippen LogP contribution in [0.1, 0.15) is 32.5 Å². The quantitative estimate of drug-likeness (QED) is 0.794. The van der Waals surface area contributed by atoms with Crippen molar-refractivity contribution in [2.75, 3.05) is 26.2 Å². The molecule has 1 aromatic rings. The third kappa shape index (κ3) is 3.01. The van der Waals surface area contributed by atoms with E-state index in [-0.39, 0.29) is 0 Å². The first-order valence-electron chi connectivity index (χ1n) is 6.44. The fourth-order valence-electron chi connectivity index (χ4n) is 2.36. The minimum atomic E-state index is 0.373. The van der Waals surface area contributed by atoms with Crippen molar-refractivity contribution in [3.05, 3.63) is 24.0 Å². The van der Waals surface area contributed by atoms with E-state index < -0.39 is 0 Å². The zero-order valence-electron chi connectivity index (χ0n) is 11.0. The van der Waals surface area contributed by atoms with Crippen molar-refractivity contribution in [2.45, 2.75) is 32.9 Å². The average molecular weight is 234 g/mol. The second-order valence-corrected chi connectivity index (χ2v) is 4.99. The summed E-state index contributed by atoms with van der Waals surface area (Å²) in [6.07, 6.45) is 1.73. The van der Waals surface area contributed by atoms with Crippen molar-refractivity contribution in [1.29, 1.82) is 0 Å². The van der Waals surface area contributed by atoms with E-state index in [1.807, 2.05) is 6.07 Å². The van der Waals surface area contributed by atoms with Crippen LogP contribution in [0.4, 0.5) is 0 Å². The summed E-state index contributed by atoms with van der Waals surface area (Å²) in [4.78, 5) is 5.02. The van der Waals surface area contributed by atoms with Gasteiger partial charge in [0.2, 0.25) is 0 Å². The molecule has 2 rings (SSSR count). The third-order valence-corrected chi connectivity index (χ3v) is 3.65. The van der Waals surface area contributed by atoms with Gasteiger partial charge in [0, 0.05) is 38.4 Å². The first-order chi connectivity index (χ1) is 8.18. The lowest BCUT2D eigenvalue weighted by atomic mass is 10.1. The molecule has 0 radical (unpaired) electrons. The predicted molar refractivity (Wildman–Crippen MR) is 68.7 cm³/mol. The highest BCUT2D eigenvalue weighted by atomic mass is 15.3. The van der Waals surface area contributed by atoms with E-state index in [9.17, 15) is 0 Å². The lowest BCUT2D eigenvalue weighted by Crippen LogP contribution is -2.49. The van der Waals surface area contributed by atoms with Gasteiger partial charge in [-0.1, -0.05) is 0 Å². The number of hydrogen-bond acceptors (Lipinski definition) is 4. The molecule has 1 aliphatic heterocycles. The highest BCUT2D eigenvalue weighted by Gasteiger charge is 2.23. The summed E-state index contributed by atoms with van der Waals surface area (Å²) in [5, 5.41) is 8.16. The first-order valence-corrected chi connectivity index (χ1v) is 6.44. The molecular weight excluding hydrogens is 212 g/mol. The zero-order valence-corrected chi connectivity index (χ0v) is 11.0. The lowest BCUT2D eigenvalue weighted by molar-refractivity contribution is 0.0818. The number of nitrogens with zero attached hydrogens (tertiary/aromatic N) is 4. The number of rotatable bonds is 3. The molecule has 0 N–H and O–H groups in total. The number of hydrogen-bond donors (Lipinski definition) is 0. The van der Waals surface area contributed by atoms with E-state index >= 15 is 0 Å². The van der Waals surface area contributed by atoms with Crippen molar-refractivity contribution in [3.63, 3.8) is 0 Å². The third-order valence-electron chi connectivity index (χ3n) is 3.65. The maximum atomic E-state index is 4.20. The lowest BCUT2D eigenvalue weighted by Gasteiger charge is -2.39. The predicted octanol–water partition coefficient (Wildman–Crippen LogP) is 1.56. The van der Waals surface area contributed by atoms with E-state index in [0.717, 1.165) is 31.9 Å². The maximum absolute atomic E-state index is 4.20. The van der Waals surface area contributed by atoms with Gasteiger partial charge in [-0.2, -0.15) is 10.2 Å². The molecule has 4 nitrogen and oxygen atoms in total. The van der Waals surface area contributed by atoms with E-state index in [0.29, 0.717) is 12.1 Å². The largest absolute Gasteiger partial charge is 0.298 e. The van der Waals surface area contributed by atoms with Gasteiger partial charge in [-0.05, 0) is 32.9 Å². The minimum Gasteiger partial charge on any atom is -0.298 e. The van der Waals surface area contributed by atoms with Gasteiger partial charge in [-0.25, -0.2) is 0 Å². The summed E-state index contributed by atoms with van der Waals surface area (Å²) >= 11 is 0. The molecule has 0 aromatic carbocycles. The fourth-order valence-corrected chi connectivity index (χ4v) is 2.36. The van der Waals surface area contributed by atoms with E-state index in [1.54, 1.807) is 6.20 Å². The Morgan fingerprint density at radius 2 is 1.71 bits per heavy atom. The van der Waals surface area contributed by atoms with Crippen molar-refractivity contribution < 1.29 is 0 Å². The molecule has 0 saturated carbocycles. The zero-order chi connectivity index (χ0) is 12.3. The minimum absolute atomic E-state index is 0.373. The smallest absolute Gasteiger partial charge is 0.0799 e. The van der Waals surface area contributed by atoms with Crippen LogP contribution in [0.15, 0.2) is 18.3 Å². The Labute approximate surface area is 104 Å². The molecule has 4 heteroatoms. The Morgan fingerprint density at radius 1 is 1.06 bits per heavy atom. The topological polar surface area (TPSA) is 32.3 Å². The molecule has 1 atom stereocenters. The van der Waals surface area contributed by atoms with E-state index in [4.69, 9.17) is 0 Å². The fraction of sp³-hybridized carbons (Fsp3) is 0.692. The summed E-state index contributed by atoms with van der Waals surface area (Å²) in [5.74, 6) is 0. The Balaban J connectivity index is 1.93. The van der Waals surface area contributed by atoms with Gasteiger partial charge in [-0.15, -0.1) is 0 Å². The molecule has 1 aromatic heterocycles. The Hall–Kier alpha value is -1.00. The van der Waals surface area contributed by atoms with Crippen LogP contribution in [0.3, 0.4) is 0 Å². The Kier molecular flexibility index (Phi) is 4.07. The summed E-state index contributed by atoms with van der Waals surface area (Å²) in [6, 6.07) is 5.05. The van der Waals surface area contributed by atoms with E-state index in [2.05, 4.69) is 46.8 Å². The number of piperazine rings is 1. The molecule has 1 fully saturated rings. The Bertz CT molecular complexity index is 331. The standard InChI is InChI=1S/C13H22N4/c1-11(2)16-7-9-17(10-8-16)12(3)13-5-4-6-14-15-13/h4-6,11-12H,7-10H2,1-3H3. The van der Waals surface area contributed by atoms with Crippen molar-refractivity contribution in [2.24, 2.45) is 0 Å². The molecule has 1 aliphatic rings. The summed E-state index contributed by atoms with van der Waals surface area (Å²) < 4.78 is 0.